The molecule has 0 amide bonds. The van der Waals surface area contributed by atoms with Crippen LogP contribution in [0.1, 0.15) is 25.5 Å². The summed E-state index contributed by atoms with van der Waals surface area (Å²) in [7, 11) is 0. The second kappa shape index (κ2) is 4.00. The van der Waals surface area contributed by atoms with E-state index in [4.69, 9.17) is 0 Å². The number of imidazole rings is 1. The summed E-state index contributed by atoms with van der Waals surface area (Å²) in [6, 6.07) is 0. The van der Waals surface area contributed by atoms with Gasteiger partial charge in [0.05, 0.1) is 5.69 Å². The molecule has 0 fully saturated rings. The molecule has 14 heavy (non-hydrogen) atoms. The summed E-state index contributed by atoms with van der Waals surface area (Å²) >= 11 is 1.67. The zero-order valence-electron chi connectivity index (χ0n) is 8.58. The molecule has 0 unspecified atom stereocenters. The molecule has 2 aromatic rings. The first-order chi connectivity index (χ1) is 6.83. The molecule has 1 N–H and O–H groups in total. The molecule has 0 radical (unpaired) electrons. The van der Waals surface area contributed by atoms with Crippen molar-refractivity contribution in [1.29, 1.82) is 0 Å². The van der Waals surface area contributed by atoms with Crippen LogP contribution in [0.4, 0.5) is 5.82 Å². The van der Waals surface area contributed by atoms with E-state index in [-0.39, 0.29) is 0 Å². The minimum absolute atomic E-state index is 1.03. The predicted molar refractivity (Wildman–Crippen MR) is 61.2 cm³/mol. The molecular weight excluding hydrogens is 194 g/mol. The van der Waals surface area contributed by atoms with Crippen molar-refractivity contribution in [2.24, 2.45) is 0 Å². The van der Waals surface area contributed by atoms with Gasteiger partial charge in [0.15, 0.2) is 4.96 Å². The molecule has 0 atom stereocenters. The number of fused-ring (bicyclic) bond motifs is 1. The Bertz CT molecular complexity index is 416. The van der Waals surface area contributed by atoms with Gasteiger partial charge in [-0.05, 0) is 13.3 Å². The van der Waals surface area contributed by atoms with Crippen molar-refractivity contribution < 1.29 is 0 Å². The van der Waals surface area contributed by atoms with Crippen molar-refractivity contribution in [2.75, 3.05) is 11.9 Å². The molecule has 0 aliphatic rings. The van der Waals surface area contributed by atoms with Crippen LogP contribution < -0.4 is 5.32 Å². The van der Waals surface area contributed by atoms with Gasteiger partial charge in [0, 0.05) is 18.1 Å². The van der Waals surface area contributed by atoms with E-state index < -0.39 is 0 Å². The van der Waals surface area contributed by atoms with Gasteiger partial charge in [0.1, 0.15) is 5.82 Å². The average molecular weight is 209 g/mol. The second-order valence-electron chi connectivity index (χ2n) is 3.38. The van der Waals surface area contributed by atoms with Crippen LogP contribution >= 0.6 is 11.3 Å². The molecule has 0 aromatic carbocycles. The molecule has 2 rings (SSSR count). The zero-order chi connectivity index (χ0) is 9.97. The summed E-state index contributed by atoms with van der Waals surface area (Å²) < 4.78 is 2.12. The summed E-state index contributed by atoms with van der Waals surface area (Å²) in [5.41, 5.74) is 1.09. The van der Waals surface area contributed by atoms with Crippen LogP contribution in [0.25, 0.3) is 4.96 Å². The average Bonchev–Trinajstić information content (AvgIpc) is 2.69. The van der Waals surface area contributed by atoms with Crippen LogP contribution in [-0.4, -0.2) is 15.9 Å². The van der Waals surface area contributed by atoms with E-state index in [1.165, 1.54) is 12.8 Å². The van der Waals surface area contributed by atoms with Gasteiger partial charge < -0.3 is 5.32 Å². The Morgan fingerprint density at radius 1 is 1.57 bits per heavy atom. The van der Waals surface area contributed by atoms with Crippen molar-refractivity contribution in [3.05, 3.63) is 17.3 Å². The highest BCUT2D eigenvalue weighted by Gasteiger charge is 2.07. The van der Waals surface area contributed by atoms with Crippen molar-refractivity contribution >= 4 is 22.1 Å². The quantitative estimate of drug-likeness (QED) is 0.784. The van der Waals surface area contributed by atoms with Crippen molar-refractivity contribution in [3.63, 3.8) is 0 Å². The number of nitrogens with one attached hydrogen (secondary N) is 1. The highest BCUT2D eigenvalue weighted by Crippen LogP contribution is 2.20. The van der Waals surface area contributed by atoms with E-state index in [1.807, 2.05) is 6.92 Å². The number of aryl methyl sites for hydroxylation is 1. The molecule has 0 spiro atoms. The lowest BCUT2D eigenvalue weighted by molar-refractivity contribution is 0.829. The van der Waals surface area contributed by atoms with E-state index in [1.54, 1.807) is 11.3 Å². The largest absolute Gasteiger partial charge is 0.370 e. The van der Waals surface area contributed by atoms with Gasteiger partial charge in [-0.1, -0.05) is 13.3 Å². The molecule has 2 aromatic heterocycles. The molecule has 0 saturated heterocycles. The molecule has 0 saturated carbocycles. The smallest absolute Gasteiger partial charge is 0.195 e. The Morgan fingerprint density at radius 3 is 3.21 bits per heavy atom. The van der Waals surface area contributed by atoms with Gasteiger partial charge in [0.25, 0.3) is 0 Å². The molecule has 0 aliphatic carbocycles. The first-order valence-corrected chi connectivity index (χ1v) is 5.87. The zero-order valence-corrected chi connectivity index (χ0v) is 9.40. The lowest BCUT2D eigenvalue weighted by Crippen LogP contribution is -2.04. The van der Waals surface area contributed by atoms with Gasteiger partial charge in [-0.2, -0.15) is 0 Å². The summed E-state index contributed by atoms with van der Waals surface area (Å²) in [6.07, 6.45) is 4.49. The van der Waals surface area contributed by atoms with E-state index in [0.29, 0.717) is 0 Å². The van der Waals surface area contributed by atoms with Crippen LogP contribution in [0, 0.1) is 6.92 Å². The third-order valence-corrected chi connectivity index (χ3v) is 3.02. The minimum Gasteiger partial charge on any atom is -0.370 e. The van der Waals surface area contributed by atoms with E-state index >= 15 is 0 Å². The van der Waals surface area contributed by atoms with Crippen LogP contribution in [0.3, 0.4) is 0 Å². The minimum atomic E-state index is 1.03. The molecule has 2 heterocycles. The van der Waals surface area contributed by atoms with Crippen molar-refractivity contribution in [1.82, 2.24) is 9.38 Å². The van der Waals surface area contributed by atoms with Crippen LogP contribution in [0.5, 0.6) is 0 Å². The molecule has 4 heteroatoms. The summed E-state index contributed by atoms with van der Waals surface area (Å²) in [5, 5.41) is 5.49. The summed E-state index contributed by atoms with van der Waals surface area (Å²) in [5.74, 6) is 1.15. The molecule has 0 aliphatic heterocycles. The number of aromatic nitrogens is 2. The van der Waals surface area contributed by atoms with Gasteiger partial charge in [-0.3, -0.25) is 4.40 Å². The van der Waals surface area contributed by atoms with Crippen molar-refractivity contribution in [2.45, 2.75) is 26.7 Å². The maximum atomic E-state index is 4.47. The first-order valence-electron chi connectivity index (χ1n) is 4.99. The van der Waals surface area contributed by atoms with Crippen LogP contribution in [0.15, 0.2) is 11.6 Å². The van der Waals surface area contributed by atoms with Crippen LogP contribution in [0.2, 0.25) is 0 Å². The Hall–Kier alpha value is -1.03. The second-order valence-corrected chi connectivity index (χ2v) is 4.25. The number of hydrogen-bond acceptors (Lipinski definition) is 3. The Morgan fingerprint density at radius 2 is 2.43 bits per heavy atom. The lowest BCUT2D eigenvalue weighted by Gasteiger charge is -2.04. The van der Waals surface area contributed by atoms with Gasteiger partial charge in [-0.25, -0.2) is 4.98 Å². The third-order valence-electron chi connectivity index (χ3n) is 2.26. The molecule has 3 nitrogen and oxygen atoms in total. The normalized spacial score (nSPS) is 11.0. The standard InChI is InChI=1S/C10H15N3S/c1-3-4-5-11-9-8(2)12-10-13(9)6-7-14-10/h6-7,11H,3-5H2,1-2H3. The number of nitrogens with zero attached hydrogens (tertiary/aromatic N) is 2. The summed E-state index contributed by atoms with van der Waals surface area (Å²) in [4.78, 5) is 5.54. The van der Waals surface area contributed by atoms with Crippen molar-refractivity contribution in [3.8, 4) is 0 Å². The number of thiazole rings is 1. The van der Waals surface area contributed by atoms with Gasteiger partial charge in [0.2, 0.25) is 0 Å². The van der Waals surface area contributed by atoms with E-state index in [9.17, 15) is 0 Å². The lowest BCUT2D eigenvalue weighted by atomic mass is 10.3. The van der Waals surface area contributed by atoms with Crippen LogP contribution in [-0.2, 0) is 0 Å². The molecular formula is C10H15N3S. The Kier molecular flexibility index (Phi) is 2.72. The van der Waals surface area contributed by atoms with Gasteiger partial charge in [-0.15, -0.1) is 11.3 Å². The fourth-order valence-corrected chi connectivity index (χ4v) is 2.25. The molecule has 0 bridgehead atoms. The maximum Gasteiger partial charge on any atom is 0.195 e. The number of hydrogen-bond donors (Lipinski definition) is 1. The SMILES string of the molecule is CCCCNc1c(C)nc2sccn12. The van der Waals surface area contributed by atoms with E-state index in [2.05, 4.69) is 33.2 Å². The van der Waals surface area contributed by atoms with E-state index in [0.717, 1.165) is 23.0 Å². The first kappa shape index (κ1) is 9.52. The number of rotatable bonds is 4. The highest BCUT2D eigenvalue weighted by atomic mass is 32.1. The monoisotopic (exact) mass is 209 g/mol. The van der Waals surface area contributed by atoms with Gasteiger partial charge >= 0.3 is 0 Å². The predicted octanol–water partition coefficient (Wildman–Crippen LogP) is 2.92. The Labute approximate surface area is 87.8 Å². The fourth-order valence-electron chi connectivity index (χ4n) is 1.49. The summed E-state index contributed by atoms with van der Waals surface area (Å²) in [6.45, 7) is 5.28. The maximum absolute atomic E-state index is 4.47. The third kappa shape index (κ3) is 1.62. The fraction of sp³-hybridized carbons (Fsp3) is 0.500. The topological polar surface area (TPSA) is 29.3 Å². The molecule has 76 valence electrons. The number of anilines is 1. The Balaban J connectivity index is 2.21. The highest BCUT2D eigenvalue weighted by molar-refractivity contribution is 7.15. The number of unbranched alkanes of at least 4 members (excludes halogenated alkanes) is 1.